The van der Waals surface area contributed by atoms with Gasteiger partial charge in [-0.05, 0) is 59.1 Å². The van der Waals surface area contributed by atoms with Gasteiger partial charge in [0.05, 0.1) is 13.7 Å². The summed E-state index contributed by atoms with van der Waals surface area (Å²) in [6.07, 6.45) is -7.07. The van der Waals surface area contributed by atoms with Crippen LogP contribution in [0.4, 0.5) is 85.1 Å². The third kappa shape index (κ3) is 12.3. The van der Waals surface area contributed by atoms with Crippen LogP contribution in [0.15, 0.2) is 72.8 Å². The molecule has 2 aromatic rings. The van der Waals surface area contributed by atoms with Crippen LogP contribution in [0, 0.1) is 5.92 Å². The van der Waals surface area contributed by atoms with Crippen molar-refractivity contribution in [3.05, 3.63) is 78.4 Å². The normalized spacial score (nSPS) is 15.0. The van der Waals surface area contributed by atoms with Gasteiger partial charge in [0.15, 0.2) is 8.32 Å². The van der Waals surface area contributed by atoms with E-state index >= 15 is 8.78 Å². The van der Waals surface area contributed by atoms with E-state index in [0.29, 0.717) is 17.0 Å². The quantitative estimate of drug-likeness (QED) is 0.0182. The number of halogens is 17. The molecule has 3 N–H and O–H groups in total. The van der Waals surface area contributed by atoms with Crippen molar-refractivity contribution in [3.63, 3.8) is 0 Å². The van der Waals surface area contributed by atoms with Crippen molar-refractivity contribution < 1.29 is 108 Å². The zero-order chi connectivity index (χ0) is 51.8. The first kappa shape index (κ1) is 58.3. The van der Waals surface area contributed by atoms with Gasteiger partial charge in [-0.2, -0.15) is 74.6 Å². The maximum Gasteiger partial charge on any atom is 0.460 e. The fourth-order valence-electron chi connectivity index (χ4n) is 6.44. The summed E-state index contributed by atoms with van der Waals surface area (Å²) in [5.41, 5.74) is 0.322. The lowest BCUT2D eigenvalue weighted by Crippen LogP contribution is -2.74. The molecule has 2 amide bonds. The van der Waals surface area contributed by atoms with Crippen molar-refractivity contribution in [2.45, 2.75) is 112 Å². The molecule has 0 aromatic heterocycles. The Bertz CT molecular complexity index is 1990. The van der Waals surface area contributed by atoms with Crippen molar-refractivity contribution in [3.8, 4) is 11.5 Å². The number of alkyl halides is 17. The molecule has 67 heavy (non-hydrogen) atoms. The summed E-state index contributed by atoms with van der Waals surface area (Å²) >= 11 is 0. The second kappa shape index (κ2) is 21.7. The predicted octanol–water partition coefficient (Wildman–Crippen LogP) is 12.8. The van der Waals surface area contributed by atoms with E-state index in [1.165, 1.54) is 88.8 Å². The minimum atomic E-state index is -8.71. The van der Waals surface area contributed by atoms with Gasteiger partial charge in [0, 0.05) is 24.1 Å². The molecule has 0 aliphatic heterocycles. The van der Waals surface area contributed by atoms with Gasteiger partial charge in [-0.3, -0.25) is 15.3 Å². The number of carbonyl (C=O) groups is 2. The van der Waals surface area contributed by atoms with Gasteiger partial charge < -0.3 is 18.6 Å². The zero-order valence-electron chi connectivity index (χ0n) is 35.9. The topological polar surface area (TPSA) is 115 Å². The van der Waals surface area contributed by atoms with Crippen molar-refractivity contribution in [2.24, 2.45) is 5.92 Å². The molecular formula is C40H45F17N2O7Si. The van der Waals surface area contributed by atoms with Crippen LogP contribution in [0.2, 0.25) is 17.1 Å². The second-order valence-electron chi connectivity index (χ2n) is 15.4. The summed E-state index contributed by atoms with van der Waals surface area (Å²) in [6, 6.07) is 10.5. The largest absolute Gasteiger partial charge is 0.497 e. The van der Waals surface area contributed by atoms with E-state index in [1.54, 1.807) is 25.1 Å². The molecular weight excluding hydrogens is 971 g/mol. The van der Waals surface area contributed by atoms with E-state index < -0.39 is 117 Å². The number of anilines is 1. The Hall–Kier alpha value is -4.79. The Kier molecular flexibility index (Phi) is 18.9. The molecule has 9 nitrogen and oxygen atoms in total. The van der Waals surface area contributed by atoms with Crippen LogP contribution in [-0.4, -0.2) is 93.5 Å². The molecule has 0 bridgehead atoms. The van der Waals surface area contributed by atoms with Crippen LogP contribution in [-0.2, 0) is 14.0 Å². The fourth-order valence-corrected chi connectivity index (χ4v) is 10.9. The maximum atomic E-state index is 15.0. The maximum absolute atomic E-state index is 15.0. The molecule has 0 saturated carbocycles. The molecule has 0 aliphatic carbocycles. The number of amides is 2. The van der Waals surface area contributed by atoms with Crippen molar-refractivity contribution in [1.29, 1.82) is 0 Å². The minimum absolute atomic E-state index is 0.0981. The number of hydrogen-bond acceptors (Lipinski definition) is 7. The lowest BCUT2D eigenvalue weighted by molar-refractivity contribution is -0.461. The first-order valence-electron chi connectivity index (χ1n) is 19.4. The number of allylic oxidation sites excluding steroid dienone is 2. The van der Waals surface area contributed by atoms with Gasteiger partial charge in [-0.15, -0.1) is 0 Å². The average molecular weight is 1020 g/mol. The van der Waals surface area contributed by atoms with Crippen molar-refractivity contribution in [1.82, 2.24) is 5.48 Å². The van der Waals surface area contributed by atoms with E-state index in [4.69, 9.17) is 23.8 Å². The number of carbonyl (C=O) groups excluding carboxylic acids is 2. The number of hydroxylamine groups is 1. The SMILES string of the molecule is COc1ccc(NC(=O)O[C@@H](c2ccc(OCCO[Si](CCC(F)(F)C(F)(F)C(F)(F)C(F)(F)C(F)(F)C(F)(F)C(F)(F)C(F)(F)F)(C(C)C)C(C)C)cc2)[C@@H](C)/C=C/C=C/C(=O)NO)cc1. The molecule has 27 heteroatoms. The van der Waals surface area contributed by atoms with Gasteiger partial charge in [-0.25, -0.2) is 10.3 Å². The summed E-state index contributed by atoms with van der Waals surface area (Å²) < 4.78 is 258. The molecule has 0 spiro atoms. The highest BCUT2D eigenvalue weighted by molar-refractivity contribution is 6.76. The number of benzene rings is 2. The summed E-state index contributed by atoms with van der Waals surface area (Å²) in [5, 5.41) is 11.2. The number of hydrogen-bond donors (Lipinski definition) is 3. The zero-order valence-corrected chi connectivity index (χ0v) is 36.9. The highest BCUT2D eigenvalue weighted by atomic mass is 28.4. The van der Waals surface area contributed by atoms with Crippen molar-refractivity contribution >= 4 is 26.0 Å². The summed E-state index contributed by atoms with van der Waals surface area (Å²) in [4.78, 5) is 24.2. The highest BCUT2D eigenvalue weighted by Gasteiger charge is 2.95. The van der Waals surface area contributed by atoms with Crippen LogP contribution < -0.4 is 20.3 Å². The fraction of sp³-hybridized carbons (Fsp3) is 0.550. The second-order valence-corrected chi connectivity index (χ2v) is 20.4. The molecule has 2 aromatic carbocycles. The Morgan fingerprint density at radius 2 is 1.13 bits per heavy atom. The number of ether oxygens (including phenoxy) is 3. The van der Waals surface area contributed by atoms with E-state index in [1.807, 2.05) is 0 Å². The Morgan fingerprint density at radius 1 is 0.657 bits per heavy atom. The number of nitrogens with one attached hydrogen (secondary N) is 2. The molecule has 2 atom stereocenters. The predicted molar refractivity (Wildman–Crippen MR) is 207 cm³/mol. The van der Waals surface area contributed by atoms with Crippen molar-refractivity contribution in [2.75, 3.05) is 25.6 Å². The smallest absolute Gasteiger partial charge is 0.460 e. The number of rotatable bonds is 24. The average Bonchev–Trinajstić information content (AvgIpc) is 3.23. The lowest BCUT2D eigenvalue weighted by Gasteiger charge is -2.44. The van der Waals surface area contributed by atoms with Gasteiger partial charge >= 0.3 is 53.7 Å². The molecule has 0 aliphatic rings. The first-order valence-corrected chi connectivity index (χ1v) is 21.7. The molecule has 2 rings (SSSR count). The monoisotopic (exact) mass is 1020 g/mol. The van der Waals surface area contributed by atoms with Gasteiger partial charge in [0.2, 0.25) is 0 Å². The van der Waals surface area contributed by atoms with Crippen LogP contribution in [0.1, 0.15) is 52.7 Å². The Morgan fingerprint density at radius 3 is 1.60 bits per heavy atom. The van der Waals surface area contributed by atoms with Crippen LogP contribution in [0.25, 0.3) is 0 Å². The van der Waals surface area contributed by atoms with Crippen LogP contribution in [0.5, 0.6) is 11.5 Å². The molecule has 0 fully saturated rings. The van der Waals surface area contributed by atoms with Gasteiger partial charge in [0.1, 0.15) is 24.2 Å². The summed E-state index contributed by atoms with van der Waals surface area (Å²) in [5.74, 6) is -57.7. The van der Waals surface area contributed by atoms with Crippen LogP contribution >= 0.6 is 0 Å². The van der Waals surface area contributed by atoms with Gasteiger partial charge in [-0.1, -0.05) is 65.0 Å². The highest BCUT2D eigenvalue weighted by Crippen LogP contribution is 2.64. The van der Waals surface area contributed by atoms with E-state index in [2.05, 4.69) is 5.32 Å². The molecule has 0 saturated heterocycles. The standard InChI is InChI=1S/C40H45F17N2O7Si/c1-23(2)67(24(3)4,22-19-33(41,42)34(43,44)35(45,46)36(47,48)37(49,50)38(51,52)39(53,54)40(55,56)57)65-21-20-64-29-15-11-26(12-16-29)31(25(5)9-7-8-10-30(60)59-62)66-32(61)58-27-13-17-28(63-6)18-14-27/h7-18,23-25,31,62H,19-22H2,1-6H3,(H,58,61)(H,59,60)/b9-7+,10-8+/t25-,31+/m0/s1. The first-order chi connectivity index (χ1) is 30.5. The number of methoxy groups -OCH3 is 1. The summed E-state index contributed by atoms with van der Waals surface area (Å²) in [6.45, 7) is 5.89. The van der Waals surface area contributed by atoms with Crippen LogP contribution in [0.3, 0.4) is 0 Å². The molecule has 0 unspecified atom stereocenters. The van der Waals surface area contributed by atoms with E-state index in [0.717, 1.165) is 6.08 Å². The van der Waals surface area contributed by atoms with Gasteiger partial charge in [0.25, 0.3) is 5.91 Å². The Labute approximate surface area is 372 Å². The third-order valence-corrected chi connectivity index (χ3v) is 16.1. The molecule has 0 heterocycles. The third-order valence-electron chi connectivity index (χ3n) is 10.4. The molecule has 0 radical (unpaired) electrons. The van der Waals surface area contributed by atoms with E-state index in [9.17, 15) is 75.4 Å². The molecule has 380 valence electrons. The Balaban J connectivity index is 2.30. The van der Waals surface area contributed by atoms with E-state index in [-0.39, 0.29) is 5.75 Å². The minimum Gasteiger partial charge on any atom is -0.497 e. The summed E-state index contributed by atoms with van der Waals surface area (Å²) in [7, 11) is -2.59. The lowest BCUT2D eigenvalue weighted by atomic mass is 9.88.